The molecular weight excluding hydrogens is 220 g/mol. The van der Waals surface area contributed by atoms with Crippen molar-refractivity contribution in [2.24, 2.45) is 5.41 Å². The second kappa shape index (κ2) is 5.87. The van der Waals surface area contributed by atoms with E-state index in [1.807, 2.05) is 27.7 Å². The molecule has 5 nitrogen and oxygen atoms in total. The minimum absolute atomic E-state index is 0.439. The van der Waals surface area contributed by atoms with Crippen molar-refractivity contribution in [3.8, 4) is 6.07 Å². The number of hydrogen-bond donors (Lipinski definition) is 3. The zero-order valence-corrected chi connectivity index (χ0v) is 10.9. The number of nitrogens with zero attached hydrogens (tertiary/aromatic N) is 1. The summed E-state index contributed by atoms with van der Waals surface area (Å²) in [4.78, 5) is 10.9. The Hall–Kier alpha value is -1.28. The van der Waals surface area contributed by atoms with Crippen LogP contribution in [0.15, 0.2) is 0 Å². The van der Waals surface area contributed by atoms with Crippen molar-refractivity contribution in [2.45, 2.75) is 58.6 Å². The first-order valence-corrected chi connectivity index (χ1v) is 5.80. The minimum Gasteiger partial charge on any atom is -0.465 e. The van der Waals surface area contributed by atoms with Gasteiger partial charge in [-0.3, -0.25) is 0 Å². The molecule has 0 rings (SSSR count). The average Bonchev–Trinajstić information content (AvgIpc) is 2.20. The maximum atomic E-state index is 10.9. The van der Waals surface area contributed by atoms with Crippen molar-refractivity contribution in [3.05, 3.63) is 0 Å². The Bertz CT molecular complexity index is 304. The summed E-state index contributed by atoms with van der Waals surface area (Å²) >= 11 is 0. The smallest absolute Gasteiger partial charge is 0.405 e. The summed E-state index contributed by atoms with van der Waals surface area (Å²) in [7, 11) is 0. The van der Waals surface area contributed by atoms with E-state index in [0.717, 1.165) is 12.8 Å². The van der Waals surface area contributed by atoms with Gasteiger partial charge in [-0.15, -0.1) is 0 Å². The SMILES string of the molecule is CCCCC(NC(=O)O)([C@H](O)C#N)C(C)(C)C. The van der Waals surface area contributed by atoms with Crippen molar-refractivity contribution in [3.63, 3.8) is 0 Å². The highest BCUT2D eigenvalue weighted by Gasteiger charge is 2.48. The second-order valence-electron chi connectivity index (χ2n) is 5.29. The maximum absolute atomic E-state index is 10.9. The first kappa shape index (κ1) is 15.7. The van der Waals surface area contributed by atoms with Crippen molar-refractivity contribution in [1.82, 2.24) is 5.32 Å². The van der Waals surface area contributed by atoms with Gasteiger partial charge in [-0.2, -0.15) is 5.26 Å². The number of amides is 1. The van der Waals surface area contributed by atoms with Crippen LogP contribution in [0.2, 0.25) is 0 Å². The zero-order valence-electron chi connectivity index (χ0n) is 10.9. The Morgan fingerprint density at radius 1 is 1.47 bits per heavy atom. The molecule has 0 fully saturated rings. The number of carboxylic acid groups (broad SMARTS) is 1. The molecule has 0 aliphatic rings. The Balaban J connectivity index is 5.37. The Kier molecular flexibility index (Phi) is 5.43. The van der Waals surface area contributed by atoms with Crippen molar-refractivity contribution in [2.75, 3.05) is 0 Å². The van der Waals surface area contributed by atoms with E-state index in [4.69, 9.17) is 10.4 Å². The van der Waals surface area contributed by atoms with Crippen LogP contribution in [0.5, 0.6) is 0 Å². The molecule has 0 aliphatic heterocycles. The molecule has 1 unspecified atom stereocenters. The third-order valence-corrected chi connectivity index (χ3v) is 3.18. The highest BCUT2D eigenvalue weighted by Crippen LogP contribution is 2.37. The standard InChI is InChI=1S/C12H22N2O3/c1-5-6-7-12(9(15)8-13,11(2,3)4)14-10(16)17/h9,14-15H,5-7H2,1-4H3,(H,16,17)/t9-,12?/m1/s1. The molecule has 3 N–H and O–H groups in total. The lowest BCUT2D eigenvalue weighted by molar-refractivity contribution is 0.0135. The van der Waals surface area contributed by atoms with E-state index in [1.54, 1.807) is 6.07 Å². The van der Waals surface area contributed by atoms with E-state index in [-0.39, 0.29) is 0 Å². The fourth-order valence-electron chi connectivity index (χ4n) is 2.00. The maximum Gasteiger partial charge on any atom is 0.405 e. The van der Waals surface area contributed by atoms with Gasteiger partial charge in [0.15, 0.2) is 6.10 Å². The molecule has 0 aromatic carbocycles. The molecule has 0 radical (unpaired) electrons. The van der Waals surface area contributed by atoms with Gasteiger partial charge in [-0.25, -0.2) is 4.79 Å². The first-order valence-electron chi connectivity index (χ1n) is 5.80. The lowest BCUT2D eigenvalue weighted by Crippen LogP contribution is -2.63. The van der Waals surface area contributed by atoms with Crippen LogP contribution in [-0.4, -0.2) is 27.9 Å². The van der Waals surface area contributed by atoms with Crippen LogP contribution in [-0.2, 0) is 0 Å². The summed E-state index contributed by atoms with van der Waals surface area (Å²) in [6.07, 6.45) is -0.516. The minimum atomic E-state index is -1.36. The van der Waals surface area contributed by atoms with Crippen molar-refractivity contribution < 1.29 is 15.0 Å². The van der Waals surface area contributed by atoms with E-state index in [2.05, 4.69) is 5.32 Å². The molecule has 0 aromatic rings. The molecule has 5 heteroatoms. The molecule has 0 bridgehead atoms. The lowest BCUT2D eigenvalue weighted by atomic mass is 9.67. The number of nitriles is 1. The number of nitrogens with one attached hydrogen (secondary N) is 1. The summed E-state index contributed by atoms with van der Waals surface area (Å²) in [5.41, 5.74) is -1.68. The molecular formula is C12H22N2O3. The van der Waals surface area contributed by atoms with Crippen molar-refractivity contribution >= 4 is 6.09 Å². The normalized spacial score (nSPS) is 16.7. The predicted molar refractivity (Wildman–Crippen MR) is 64.5 cm³/mol. The number of aliphatic hydroxyl groups excluding tert-OH is 1. The summed E-state index contributed by atoms with van der Waals surface area (Å²) in [5.74, 6) is 0. The third-order valence-electron chi connectivity index (χ3n) is 3.18. The van der Waals surface area contributed by atoms with Gasteiger partial charge in [0.1, 0.15) is 0 Å². The van der Waals surface area contributed by atoms with Gasteiger partial charge in [0.2, 0.25) is 0 Å². The first-order chi connectivity index (χ1) is 7.71. The van der Waals surface area contributed by atoms with Gasteiger partial charge in [-0.05, 0) is 11.8 Å². The molecule has 2 atom stereocenters. The Labute approximate surface area is 102 Å². The summed E-state index contributed by atoms with van der Waals surface area (Å²) in [6.45, 7) is 7.43. The average molecular weight is 242 g/mol. The topological polar surface area (TPSA) is 93.3 Å². The summed E-state index contributed by atoms with van der Waals surface area (Å²) in [5, 5.41) is 30.1. The van der Waals surface area contributed by atoms with Gasteiger partial charge in [0.05, 0.1) is 11.6 Å². The van der Waals surface area contributed by atoms with E-state index in [1.165, 1.54) is 0 Å². The van der Waals surface area contributed by atoms with Crippen LogP contribution in [0.25, 0.3) is 0 Å². The monoisotopic (exact) mass is 242 g/mol. The lowest BCUT2D eigenvalue weighted by Gasteiger charge is -2.45. The Morgan fingerprint density at radius 3 is 2.29 bits per heavy atom. The third kappa shape index (κ3) is 3.60. The van der Waals surface area contributed by atoms with Crippen LogP contribution < -0.4 is 5.32 Å². The number of rotatable bonds is 5. The highest BCUT2D eigenvalue weighted by molar-refractivity contribution is 5.66. The molecule has 0 heterocycles. The fraction of sp³-hybridized carbons (Fsp3) is 0.833. The van der Waals surface area contributed by atoms with E-state index in [9.17, 15) is 9.90 Å². The van der Waals surface area contributed by atoms with Crippen LogP contribution in [0, 0.1) is 16.7 Å². The van der Waals surface area contributed by atoms with E-state index < -0.39 is 23.2 Å². The molecule has 0 aliphatic carbocycles. The molecule has 17 heavy (non-hydrogen) atoms. The van der Waals surface area contributed by atoms with Crippen molar-refractivity contribution in [1.29, 1.82) is 5.26 Å². The highest BCUT2D eigenvalue weighted by atomic mass is 16.4. The van der Waals surface area contributed by atoms with Gasteiger partial charge < -0.3 is 15.5 Å². The quantitative estimate of drug-likeness (QED) is 0.644. The predicted octanol–water partition coefficient (Wildman–Crippen LogP) is 2.11. The number of unbranched alkanes of at least 4 members (excludes halogenated alkanes) is 1. The van der Waals surface area contributed by atoms with E-state index >= 15 is 0 Å². The summed E-state index contributed by atoms with van der Waals surface area (Å²) in [6, 6.07) is 1.76. The molecule has 1 amide bonds. The number of hydrogen-bond acceptors (Lipinski definition) is 3. The zero-order chi connectivity index (χ0) is 13.7. The van der Waals surface area contributed by atoms with Crippen LogP contribution in [0.3, 0.4) is 0 Å². The van der Waals surface area contributed by atoms with E-state index in [0.29, 0.717) is 6.42 Å². The molecule has 0 saturated heterocycles. The van der Waals surface area contributed by atoms with Gasteiger partial charge >= 0.3 is 6.09 Å². The number of aliphatic hydroxyl groups is 1. The van der Waals surface area contributed by atoms with Crippen LogP contribution in [0.4, 0.5) is 4.79 Å². The number of carbonyl (C=O) groups is 1. The second-order valence-corrected chi connectivity index (χ2v) is 5.29. The van der Waals surface area contributed by atoms with Crippen LogP contribution in [0.1, 0.15) is 47.0 Å². The van der Waals surface area contributed by atoms with Crippen LogP contribution >= 0.6 is 0 Å². The Morgan fingerprint density at radius 2 is 2.00 bits per heavy atom. The largest absolute Gasteiger partial charge is 0.465 e. The molecule has 0 saturated carbocycles. The summed E-state index contributed by atoms with van der Waals surface area (Å²) < 4.78 is 0. The fourth-order valence-corrected chi connectivity index (χ4v) is 2.00. The molecule has 0 aromatic heterocycles. The van der Waals surface area contributed by atoms with Gasteiger partial charge in [-0.1, -0.05) is 40.5 Å². The van der Waals surface area contributed by atoms with Gasteiger partial charge in [0.25, 0.3) is 0 Å². The molecule has 0 spiro atoms. The molecule has 98 valence electrons. The van der Waals surface area contributed by atoms with Gasteiger partial charge in [0, 0.05) is 0 Å².